The molecule has 2 N–H and O–H groups in total. The maximum Gasteiger partial charge on any atom is 0.126 e. The van der Waals surface area contributed by atoms with Gasteiger partial charge in [-0.15, -0.1) is 0 Å². The van der Waals surface area contributed by atoms with Gasteiger partial charge in [0.05, 0.1) is 6.61 Å². The summed E-state index contributed by atoms with van der Waals surface area (Å²) in [6, 6.07) is 4.81. The Morgan fingerprint density at radius 1 is 1.14 bits per heavy atom. The van der Waals surface area contributed by atoms with E-state index in [0.717, 1.165) is 18.6 Å². The van der Waals surface area contributed by atoms with Crippen molar-refractivity contribution in [3.05, 3.63) is 28.8 Å². The van der Waals surface area contributed by atoms with Crippen molar-refractivity contribution in [1.29, 1.82) is 0 Å². The highest BCUT2D eigenvalue weighted by atomic mass is 16.5. The SMILES string of the molecule is CCOc1c(C(C)CCC(C)N)cc(C)cc1C(C)(C)C. The molecule has 0 saturated carbocycles. The molecular weight excluding hydrogens is 258 g/mol. The Hall–Kier alpha value is -1.02. The molecule has 0 heterocycles. The van der Waals surface area contributed by atoms with Gasteiger partial charge in [-0.2, -0.15) is 0 Å². The molecule has 1 aromatic carbocycles. The van der Waals surface area contributed by atoms with E-state index in [-0.39, 0.29) is 11.5 Å². The second kappa shape index (κ2) is 7.31. The highest BCUT2D eigenvalue weighted by Crippen LogP contribution is 2.39. The van der Waals surface area contributed by atoms with Gasteiger partial charge in [0, 0.05) is 11.6 Å². The van der Waals surface area contributed by atoms with Crippen LogP contribution in [0.15, 0.2) is 12.1 Å². The Bertz CT molecular complexity index is 457. The van der Waals surface area contributed by atoms with E-state index >= 15 is 0 Å². The third-order valence-electron chi connectivity index (χ3n) is 3.94. The molecule has 2 atom stereocenters. The summed E-state index contributed by atoms with van der Waals surface area (Å²) in [5.41, 5.74) is 9.96. The molecule has 21 heavy (non-hydrogen) atoms. The van der Waals surface area contributed by atoms with Gasteiger partial charge in [0.1, 0.15) is 5.75 Å². The van der Waals surface area contributed by atoms with E-state index in [4.69, 9.17) is 10.5 Å². The summed E-state index contributed by atoms with van der Waals surface area (Å²) in [7, 11) is 0. The predicted molar refractivity (Wildman–Crippen MR) is 92.3 cm³/mol. The molecule has 0 amide bonds. The molecule has 0 aliphatic heterocycles. The predicted octanol–water partition coefficient (Wildman–Crippen LogP) is 4.92. The first-order chi connectivity index (χ1) is 9.66. The molecule has 0 aliphatic carbocycles. The van der Waals surface area contributed by atoms with E-state index in [1.165, 1.54) is 16.7 Å². The van der Waals surface area contributed by atoms with Gasteiger partial charge in [0.2, 0.25) is 0 Å². The van der Waals surface area contributed by atoms with Gasteiger partial charge >= 0.3 is 0 Å². The molecule has 120 valence electrons. The smallest absolute Gasteiger partial charge is 0.126 e. The van der Waals surface area contributed by atoms with Crippen LogP contribution in [0.4, 0.5) is 0 Å². The summed E-state index contributed by atoms with van der Waals surface area (Å²) >= 11 is 0. The number of nitrogens with two attached hydrogens (primary N) is 1. The maximum atomic E-state index is 6.05. The number of hydrogen-bond acceptors (Lipinski definition) is 2. The molecule has 2 unspecified atom stereocenters. The third kappa shape index (κ3) is 5.03. The monoisotopic (exact) mass is 291 g/mol. The number of aryl methyl sites for hydroxylation is 1. The van der Waals surface area contributed by atoms with Crippen LogP contribution < -0.4 is 10.5 Å². The lowest BCUT2D eigenvalue weighted by molar-refractivity contribution is 0.323. The lowest BCUT2D eigenvalue weighted by Crippen LogP contribution is -2.17. The fourth-order valence-electron chi connectivity index (χ4n) is 2.70. The van der Waals surface area contributed by atoms with Crippen LogP contribution in [-0.4, -0.2) is 12.6 Å². The second-order valence-corrected chi connectivity index (χ2v) is 7.37. The quantitative estimate of drug-likeness (QED) is 0.807. The zero-order valence-electron chi connectivity index (χ0n) is 14.9. The van der Waals surface area contributed by atoms with E-state index in [1.807, 2.05) is 0 Å². The highest BCUT2D eigenvalue weighted by Gasteiger charge is 2.24. The van der Waals surface area contributed by atoms with E-state index in [9.17, 15) is 0 Å². The molecule has 1 aromatic rings. The first kappa shape index (κ1) is 18.0. The van der Waals surface area contributed by atoms with Crippen molar-refractivity contribution in [2.75, 3.05) is 6.61 Å². The lowest BCUT2D eigenvalue weighted by atomic mass is 9.81. The van der Waals surface area contributed by atoms with Gasteiger partial charge < -0.3 is 10.5 Å². The summed E-state index contributed by atoms with van der Waals surface area (Å²) < 4.78 is 6.05. The van der Waals surface area contributed by atoms with Crippen LogP contribution in [0.25, 0.3) is 0 Å². The highest BCUT2D eigenvalue weighted by molar-refractivity contribution is 5.49. The third-order valence-corrected chi connectivity index (χ3v) is 3.94. The van der Waals surface area contributed by atoms with Crippen molar-refractivity contribution in [3.8, 4) is 5.75 Å². The fourth-order valence-corrected chi connectivity index (χ4v) is 2.70. The van der Waals surface area contributed by atoms with Gasteiger partial charge in [-0.25, -0.2) is 0 Å². The summed E-state index contributed by atoms with van der Waals surface area (Å²) in [5, 5.41) is 0. The normalized spacial score (nSPS) is 14.9. The van der Waals surface area contributed by atoms with Gasteiger partial charge in [0.25, 0.3) is 0 Å². The zero-order valence-corrected chi connectivity index (χ0v) is 14.9. The average Bonchev–Trinajstić information content (AvgIpc) is 2.36. The molecule has 0 saturated heterocycles. The molecule has 1 rings (SSSR count). The largest absolute Gasteiger partial charge is 0.493 e. The van der Waals surface area contributed by atoms with Crippen LogP contribution in [0, 0.1) is 6.92 Å². The van der Waals surface area contributed by atoms with Crippen LogP contribution in [0.3, 0.4) is 0 Å². The minimum absolute atomic E-state index is 0.0894. The molecule has 0 fully saturated rings. The average molecular weight is 291 g/mol. The Kier molecular flexibility index (Phi) is 6.27. The van der Waals surface area contributed by atoms with Crippen molar-refractivity contribution >= 4 is 0 Å². The van der Waals surface area contributed by atoms with E-state index in [2.05, 4.69) is 60.6 Å². The Labute approximate surface area is 131 Å². The van der Waals surface area contributed by atoms with Crippen molar-refractivity contribution in [3.63, 3.8) is 0 Å². The fraction of sp³-hybridized carbons (Fsp3) is 0.684. The Morgan fingerprint density at radius 3 is 2.24 bits per heavy atom. The topological polar surface area (TPSA) is 35.2 Å². The summed E-state index contributed by atoms with van der Waals surface area (Å²) in [6.45, 7) is 16.1. The maximum absolute atomic E-state index is 6.05. The molecule has 0 spiro atoms. The van der Waals surface area contributed by atoms with E-state index in [0.29, 0.717) is 12.5 Å². The van der Waals surface area contributed by atoms with E-state index < -0.39 is 0 Å². The first-order valence-corrected chi connectivity index (χ1v) is 8.20. The lowest BCUT2D eigenvalue weighted by Gasteiger charge is -2.27. The molecule has 0 radical (unpaired) electrons. The second-order valence-electron chi connectivity index (χ2n) is 7.37. The molecule has 2 heteroatoms. The van der Waals surface area contributed by atoms with Gasteiger partial charge in [-0.1, -0.05) is 45.4 Å². The van der Waals surface area contributed by atoms with Crippen molar-refractivity contribution in [2.45, 2.75) is 78.7 Å². The number of hydrogen-bond donors (Lipinski definition) is 1. The Balaban J connectivity index is 3.25. The van der Waals surface area contributed by atoms with Crippen LogP contribution in [-0.2, 0) is 5.41 Å². The molecule has 0 aromatic heterocycles. The van der Waals surface area contributed by atoms with Crippen LogP contribution in [0.5, 0.6) is 5.75 Å². The molecule has 2 nitrogen and oxygen atoms in total. The van der Waals surface area contributed by atoms with Crippen molar-refractivity contribution < 1.29 is 4.74 Å². The van der Waals surface area contributed by atoms with E-state index in [1.54, 1.807) is 0 Å². The summed E-state index contributed by atoms with van der Waals surface area (Å²) in [6.07, 6.45) is 2.15. The zero-order chi connectivity index (χ0) is 16.2. The Morgan fingerprint density at radius 2 is 1.76 bits per heavy atom. The van der Waals surface area contributed by atoms with Gasteiger partial charge in [0.15, 0.2) is 0 Å². The minimum atomic E-state index is 0.0894. The summed E-state index contributed by atoms with van der Waals surface area (Å²) in [5.74, 6) is 1.56. The minimum Gasteiger partial charge on any atom is -0.493 e. The number of rotatable bonds is 6. The van der Waals surface area contributed by atoms with Gasteiger partial charge in [-0.05, 0) is 50.5 Å². The standard InChI is InChI=1S/C19H33NO/c1-8-21-18-16(14(3)9-10-15(4)20)11-13(2)12-17(18)19(5,6)7/h11-12,14-15H,8-10,20H2,1-7H3. The first-order valence-electron chi connectivity index (χ1n) is 8.20. The van der Waals surface area contributed by atoms with Crippen LogP contribution in [0.2, 0.25) is 0 Å². The molecule has 0 bridgehead atoms. The van der Waals surface area contributed by atoms with Crippen molar-refractivity contribution in [2.24, 2.45) is 5.73 Å². The molecule has 0 aliphatic rings. The number of ether oxygens (including phenoxy) is 1. The summed E-state index contributed by atoms with van der Waals surface area (Å²) in [4.78, 5) is 0. The van der Waals surface area contributed by atoms with Crippen LogP contribution >= 0.6 is 0 Å². The number of benzene rings is 1. The van der Waals surface area contributed by atoms with Crippen LogP contribution in [0.1, 0.15) is 77.0 Å². The van der Waals surface area contributed by atoms with Crippen molar-refractivity contribution in [1.82, 2.24) is 0 Å². The van der Waals surface area contributed by atoms with Gasteiger partial charge in [-0.3, -0.25) is 0 Å². The molecular formula is C19H33NO.